The van der Waals surface area contributed by atoms with Crippen LogP contribution >= 0.6 is 11.6 Å². The summed E-state index contributed by atoms with van der Waals surface area (Å²) in [5.41, 5.74) is 7.69. The van der Waals surface area contributed by atoms with Gasteiger partial charge in [0.25, 0.3) is 0 Å². The van der Waals surface area contributed by atoms with Gasteiger partial charge in [-0.2, -0.15) is 0 Å². The number of fused-ring (bicyclic) bond motifs is 3. The number of hydrogen-bond donors (Lipinski definition) is 0. The van der Waals surface area contributed by atoms with Crippen LogP contribution in [0.5, 0.6) is 5.75 Å². The van der Waals surface area contributed by atoms with E-state index in [1.54, 1.807) is 19.4 Å². The smallest absolute Gasteiger partial charge is 0.129 e. The molecule has 0 unspecified atom stereocenters. The number of benzene rings is 3. The summed E-state index contributed by atoms with van der Waals surface area (Å²) in [5.74, 6) is 0.822. The van der Waals surface area contributed by atoms with E-state index in [1.165, 1.54) is 0 Å². The van der Waals surface area contributed by atoms with Crippen molar-refractivity contribution in [2.75, 3.05) is 7.11 Å². The summed E-state index contributed by atoms with van der Waals surface area (Å²) >= 11 is 5.96. The summed E-state index contributed by atoms with van der Waals surface area (Å²) in [4.78, 5) is 14.3. The van der Waals surface area contributed by atoms with Gasteiger partial charge in [-0.05, 0) is 60.2 Å². The third-order valence-corrected chi connectivity index (χ3v) is 6.35. The minimum absolute atomic E-state index is 0.481. The molecule has 0 amide bonds. The van der Waals surface area contributed by atoms with Gasteiger partial charge >= 0.3 is 0 Å². The van der Waals surface area contributed by atoms with Crippen LogP contribution in [0.25, 0.3) is 55.4 Å². The second-order valence-electron chi connectivity index (χ2n) is 8.28. The van der Waals surface area contributed by atoms with Gasteiger partial charge in [-0.25, -0.2) is 15.0 Å². The van der Waals surface area contributed by atoms with E-state index < -0.39 is 0 Å². The Hall–Kier alpha value is -4.28. The Morgan fingerprint density at radius 3 is 1.83 bits per heavy atom. The summed E-state index contributed by atoms with van der Waals surface area (Å²) in [6.07, 6.45) is 1.79. The molecule has 35 heavy (non-hydrogen) atoms. The van der Waals surface area contributed by atoms with E-state index in [4.69, 9.17) is 26.3 Å². The normalized spacial score (nSPS) is 11.1. The molecule has 168 valence electrons. The monoisotopic (exact) mass is 473 g/mol. The molecule has 0 atom stereocenters. The van der Waals surface area contributed by atoms with E-state index >= 15 is 0 Å². The van der Waals surface area contributed by atoms with Crippen LogP contribution in [0.3, 0.4) is 0 Å². The standard InChI is InChI=1S/C30H20ClN3O/c1-35-25-12-7-19(8-13-25)26-14-9-20-5-6-21-10-15-27(34-30(21)29(20)33-26)23-4-2-3-22(17-23)24-11-16-28(31)32-18-24/h2-18H,1H3. The summed E-state index contributed by atoms with van der Waals surface area (Å²) < 4.78 is 5.29. The van der Waals surface area contributed by atoms with Crippen LogP contribution in [0.15, 0.2) is 103 Å². The summed E-state index contributed by atoms with van der Waals surface area (Å²) in [6, 6.07) is 32.5. The molecule has 0 aliphatic rings. The van der Waals surface area contributed by atoms with E-state index in [0.717, 1.165) is 61.2 Å². The van der Waals surface area contributed by atoms with Crippen molar-refractivity contribution in [3.05, 3.63) is 108 Å². The molecule has 0 aliphatic carbocycles. The van der Waals surface area contributed by atoms with Crippen molar-refractivity contribution >= 4 is 33.4 Å². The van der Waals surface area contributed by atoms with Gasteiger partial charge in [-0.1, -0.05) is 54.1 Å². The highest BCUT2D eigenvalue weighted by molar-refractivity contribution is 6.29. The van der Waals surface area contributed by atoms with Crippen molar-refractivity contribution in [3.8, 4) is 39.4 Å². The summed E-state index contributed by atoms with van der Waals surface area (Å²) in [6.45, 7) is 0. The van der Waals surface area contributed by atoms with Crippen molar-refractivity contribution in [1.29, 1.82) is 0 Å². The lowest BCUT2D eigenvalue weighted by molar-refractivity contribution is 0.415. The van der Waals surface area contributed by atoms with Gasteiger partial charge in [0.2, 0.25) is 0 Å². The second-order valence-corrected chi connectivity index (χ2v) is 8.67. The van der Waals surface area contributed by atoms with Gasteiger partial charge in [-0.15, -0.1) is 0 Å². The molecule has 0 saturated heterocycles. The quantitative estimate of drug-likeness (QED) is 0.193. The molecule has 0 saturated carbocycles. The zero-order valence-corrected chi connectivity index (χ0v) is 19.7. The average Bonchev–Trinajstić information content (AvgIpc) is 2.93. The molecule has 3 aromatic carbocycles. The highest BCUT2D eigenvalue weighted by atomic mass is 35.5. The first kappa shape index (κ1) is 21.3. The number of hydrogen-bond acceptors (Lipinski definition) is 4. The first-order chi connectivity index (χ1) is 17.2. The van der Waals surface area contributed by atoms with Gasteiger partial charge in [0.15, 0.2) is 0 Å². The molecule has 0 N–H and O–H groups in total. The van der Waals surface area contributed by atoms with Crippen molar-refractivity contribution in [3.63, 3.8) is 0 Å². The number of pyridine rings is 3. The van der Waals surface area contributed by atoms with Gasteiger partial charge in [0, 0.05) is 33.7 Å². The molecule has 0 aliphatic heterocycles. The molecule has 3 heterocycles. The van der Waals surface area contributed by atoms with E-state index in [1.807, 2.05) is 42.5 Å². The van der Waals surface area contributed by atoms with E-state index in [2.05, 4.69) is 53.5 Å². The van der Waals surface area contributed by atoms with Gasteiger partial charge in [-0.3, -0.25) is 0 Å². The van der Waals surface area contributed by atoms with Crippen LogP contribution in [0, 0.1) is 0 Å². The van der Waals surface area contributed by atoms with Gasteiger partial charge < -0.3 is 4.74 Å². The minimum atomic E-state index is 0.481. The largest absolute Gasteiger partial charge is 0.497 e. The maximum Gasteiger partial charge on any atom is 0.129 e. The molecule has 0 radical (unpaired) electrons. The zero-order chi connectivity index (χ0) is 23.8. The van der Waals surface area contributed by atoms with E-state index in [-0.39, 0.29) is 0 Å². The van der Waals surface area contributed by atoms with Crippen molar-refractivity contribution in [1.82, 2.24) is 15.0 Å². The molecule has 6 rings (SSSR count). The number of methoxy groups -OCH3 is 1. The van der Waals surface area contributed by atoms with Gasteiger partial charge in [0.05, 0.1) is 29.5 Å². The molecule has 5 heteroatoms. The van der Waals surface area contributed by atoms with Crippen LogP contribution in [-0.2, 0) is 0 Å². The fraction of sp³-hybridized carbons (Fsp3) is 0.0333. The number of nitrogens with zero attached hydrogens (tertiary/aromatic N) is 3. The lowest BCUT2D eigenvalue weighted by atomic mass is 10.0. The lowest BCUT2D eigenvalue weighted by Crippen LogP contribution is -1.91. The number of ether oxygens (including phenoxy) is 1. The predicted molar refractivity (Wildman–Crippen MR) is 143 cm³/mol. The van der Waals surface area contributed by atoms with Crippen LogP contribution in [0.1, 0.15) is 0 Å². The Balaban J connectivity index is 1.46. The molecule has 3 aromatic heterocycles. The number of rotatable bonds is 4. The third-order valence-electron chi connectivity index (χ3n) is 6.12. The molecular weight excluding hydrogens is 454 g/mol. The molecule has 0 bridgehead atoms. The van der Waals surface area contributed by atoms with Crippen LogP contribution < -0.4 is 4.74 Å². The summed E-state index contributed by atoms with van der Waals surface area (Å²) in [7, 11) is 1.67. The minimum Gasteiger partial charge on any atom is -0.497 e. The highest BCUT2D eigenvalue weighted by Crippen LogP contribution is 2.30. The molecule has 0 spiro atoms. The molecule has 0 fully saturated rings. The Bertz CT molecular complexity index is 1680. The second kappa shape index (κ2) is 8.82. The van der Waals surface area contributed by atoms with Crippen molar-refractivity contribution in [2.45, 2.75) is 0 Å². The van der Waals surface area contributed by atoms with Gasteiger partial charge in [0.1, 0.15) is 10.9 Å². The average molecular weight is 474 g/mol. The topological polar surface area (TPSA) is 47.9 Å². The SMILES string of the molecule is COc1ccc(-c2ccc3ccc4ccc(-c5cccc(-c6ccc(Cl)nc6)c5)nc4c3n2)cc1. The first-order valence-electron chi connectivity index (χ1n) is 11.3. The van der Waals surface area contributed by atoms with E-state index in [0.29, 0.717) is 5.15 Å². The zero-order valence-electron chi connectivity index (χ0n) is 18.9. The fourth-order valence-corrected chi connectivity index (χ4v) is 4.37. The molecular formula is C30H20ClN3O. The highest BCUT2D eigenvalue weighted by Gasteiger charge is 2.10. The van der Waals surface area contributed by atoms with Crippen molar-refractivity contribution < 1.29 is 4.74 Å². The number of aromatic nitrogens is 3. The Morgan fingerprint density at radius 2 is 1.20 bits per heavy atom. The molecule has 6 aromatic rings. The number of halogens is 1. The third kappa shape index (κ3) is 4.09. The Kier molecular flexibility index (Phi) is 5.36. The molecule has 4 nitrogen and oxygen atoms in total. The maximum absolute atomic E-state index is 5.96. The Labute approximate surface area is 207 Å². The van der Waals surface area contributed by atoms with Crippen LogP contribution in [-0.4, -0.2) is 22.1 Å². The fourth-order valence-electron chi connectivity index (χ4n) is 4.26. The maximum atomic E-state index is 5.96. The van der Waals surface area contributed by atoms with Crippen LogP contribution in [0.2, 0.25) is 5.15 Å². The summed E-state index contributed by atoms with van der Waals surface area (Å²) in [5, 5.41) is 2.59. The van der Waals surface area contributed by atoms with Crippen molar-refractivity contribution in [2.24, 2.45) is 0 Å². The first-order valence-corrected chi connectivity index (χ1v) is 11.6. The Morgan fingerprint density at radius 1 is 0.600 bits per heavy atom. The predicted octanol–water partition coefficient (Wildman–Crippen LogP) is 7.84. The van der Waals surface area contributed by atoms with E-state index in [9.17, 15) is 0 Å². The lowest BCUT2D eigenvalue weighted by Gasteiger charge is -2.09. The van der Waals surface area contributed by atoms with Crippen LogP contribution in [0.4, 0.5) is 0 Å².